The van der Waals surface area contributed by atoms with Crippen LogP contribution in [0.25, 0.3) is 0 Å². The Morgan fingerprint density at radius 2 is 1.66 bits per heavy atom. The molecule has 0 bridgehead atoms. The maximum atomic E-state index is 13.2. The van der Waals surface area contributed by atoms with E-state index in [-0.39, 0.29) is 23.3 Å². The fourth-order valence-electron chi connectivity index (χ4n) is 3.52. The molecule has 1 atom stereocenters. The number of benzene rings is 2. The third kappa shape index (κ3) is 7.40. The van der Waals surface area contributed by atoms with Gasteiger partial charge in [-0.1, -0.05) is 57.2 Å². The van der Waals surface area contributed by atoms with Crippen LogP contribution in [0.15, 0.2) is 48.5 Å². The molecule has 0 spiro atoms. The molecule has 32 heavy (non-hydrogen) atoms. The van der Waals surface area contributed by atoms with Crippen molar-refractivity contribution in [3.8, 4) is 5.75 Å². The topological polar surface area (TPSA) is 58.6 Å². The maximum absolute atomic E-state index is 13.2. The second-order valence-corrected chi connectivity index (χ2v) is 9.66. The Labute approximate surface area is 193 Å². The Kier molecular flexibility index (Phi) is 8.88. The average Bonchev–Trinajstić information content (AvgIpc) is 2.74. The van der Waals surface area contributed by atoms with Crippen LogP contribution in [0, 0.1) is 0 Å². The summed E-state index contributed by atoms with van der Waals surface area (Å²) in [6.45, 7) is 12.5. The Morgan fingerprint density at radius 1 is 1.00 bits per heavy atom. The summed E-state index contributed by atoms with van der Waals surface area (Å²) in [7, 11) is 1.62. The number of rotatable bonds is 9. The number of nitrogens with zero attached hydrogens (tertiary/aromatic N) is 1. The van der Waals surface area contributed by atoms with Gasteiger partial charge in [-0.05, 0) is 61.4 Å². The normalized spacial score (nSPS) is 12.4. The quantitative estimate of drug-likeness (QED) is 0.608. The Hall–Kier alpha value is -2.82. The number of carbonyl (C=O) groups is 2. The van der Waals surface area contributed by atoms with E-state index in [9.17, 15) is 9.59 Å². The summed E-state index contributed by atoms with van der Waals surface area (Å²) >= 11 is 0. The van der Waals surface area contributed by atoms with Gasteiger partial charge in [0.15, 0.2) is 0 Å². The second kappa shape index (κ2) is 11.2. The van der Waals surface area contributed by atoms with Crippen molar-refractivity contribution in [1.29, 1.82) is 0 Å². The molecule has 0 heterocycles. The molecule has 0 unspecified atom stereocenters. The predicted octanol–water partition coefficient (Wildman–Crippen LogP) is 4.87. The van der Waals surface area contributed by atoms with Gasteiger partial charge in [0.05, 0.1) is 7.11 Å². The predicted molar refractivity (Wildman–Crippen MR) is 130 cm³/mol. The zero-order valence-corrected chi connectivity index (χ0v) is 20.6. The van der Waals surface area contributed by atoms with Crippen molar-refractivity contribution >= 4 is 11.8 Å². The lowest BCUT2D eigenvalue weighted by Crippen LogP contribution is -2.49. The van der Waals surface area contributed by atoms with Crippen molar-refractivity contribution in [2.75, 3.05) is 7.11 Å². The van der Waals surface area contributed by atoms with E-state index in [1.165, 1.54) is 5.56 Å². The van der Waals surface area contributed by atoms with Crippen LogP contribution >= 0.6 is 0 Å². The van der Waals surface area contributed by atoms with Gasteiger partial charge in [0.1, 0.15) is 11.8 Å². The van der Waals surface area contributed by atoms with Crippen LogP contribution in [0.4, 0.5) is 0 Å². The molecule has 5 nitrogen and oxygen atoms in total. The van der Waals surface area contributed by atoms with Crippen LogP contribution in [0.1, 0.15) is 64.7 Å². The van der Waals surface area contributed by atoms with Gasteiger partial charge in [0.2, 0.25) is 11.8 Å². The van der Waals surface area contributed by atoms with Crippen LogP contribution in [-0.2, 0) is 28.0 Å². The van der Waals surface area contributed by atoms with Crippen LogP contribution in [0.2, 0.25) is 0 Å². The lowest BCUT2D eigenvalue weighted by molar-refractivity contribution is -0.140. The van der Waals surface area contributed by atoms with E-state index in [1.54, 1.807) is 18.9 Å². The number of carbonyl (C=O) groups excluding carboxylic acids is 2. The van der Waals surface area contributed by atoms with Crippen LogP contribution < -0.4 is 10.1 Å². The van der Waals surface area contributed by atoms with E-state index >= 15 is 0 Å². The molecule has 2 aromatic carbocycles. The molecule has 174 valence electrons. The monoisotopic (exact) mass is 438 g/mol. The van der Waals surface area contributed by atoms with Crippen molar-refractivity contribution in [2.24, 2.45) is 0 Å². The van der Waals surface area contributed by atoms with Crippen molar-refractivity contribution in [2.45, 2.75) is 78.4 Å². The molecule has 0 aliphatic carbocycles. The molecular formula is C27H38N2O3. The summed E-state index contributed by atoms with van der Waals surface area (Å²) in [5.74, 6) is 0.540. The van der Waals surface area contributed by atoms with E-state index < -0.39 is 6.04 Å². The van der Waals surface area contributed by atoms with Gasteiger partial charge >= 0.3 is 0 Å². The summed E-state index contributed by atoms with van der Waals surface area (Å²) in [5, 5.41) is 2.92. The Morgan fingerprint density at radius 3 is 2.22 bits per heavy atom. The van der Waals surface area contributed by atoms with Crippen LogP contribution in [0.5, 0.6) is 5.75 Å². The van der Waals surface area contributed by atoms with Gasteiger partial charge in [-0.25, -0.2) is 0 Å². The smallest absolute Gasteiger partial charge is 0.242 e. The van der Waals surface area contributed by atoms with Gasteiger partial charge in [-0.2, -0.15) is 0 Å². The molecule has 2 rings (SSSR count). The molecule has 1 N–H and O–H groups in total. The van der Waals surface area contributed by atoms with E-state index in [4.69, 9.17) is 4.74 Å². The first kappa shape index (κ1) is 25.4. The first-order valence-corrected chi connectivity index (χ1v) is 11.3. The molecular weight excluding hydrogens is 400 g/mol. The Balaban J connectivity index is 2.16. The lowest BCUT2D eigenvalue weighted by atomic mass is 9.86. The summed E-state index contributed by atoms with van der Waals surface area (Å²) in [6, 6.07) is 15.5. The van der Waals surface area contributed by atoms with Crippen molar-refractivity contribution < 1.29 is 14.3 Å². The van der Waals surface area contributed by atoms with Crippen molar-refractivity contribution in [3.05, 3.63) is 65.2 Å². The largest absolute Gasteiger partial charge is 0.497 e. The highest BCUT2D eigenvalue weighted by Gasteiger charge is 2.26. The maximum Gasteiger partial charge on any atom is 0.242 e. The molecule has 0 aromatic heterocycles. The summed E-state index contributed by atoms with van der Waals surface area (Å²) in [4.78, 5) is 27.6. The van der Waals surface area contributed by atoms with Crippen molar-refractivity contribution in [3.63, 3.8) is 0 Å². The van der Waals surface area contributed by atoms with Gasteiger partial charge in [-0.15, -0.1) is 0 Å². The average molecular weight is 439 g/mol. The number of hydrogen-bond acceptors (Lipinski definition) is 3. The lowest BCUT2D eigenvalue weighted by Gasteiger charge is -2.29. The third-order valence-corrected chi connectivity index (χ3v) is 5.53. The molecule has 2 aromatic rings. The number of aryl methyl sites for hydroxylation is 1. The Bertz CT molecular complexity index is 898. The number of methoxy groups -OCH3 is 1. The minimum Gasteiger partial charge on any atom is -0.497 e. The van der Waals surface area contributed by atoms with E-state index in [2.05, 4.69) is 50.4 Å². The highest BCUT2D eigenvalue weighted by molar-refractivity contribution is 5.87. The van der Waals surface area contributed by atoms with E-state index in [0.29, 0.717) is 19.4 Å². The number of hydrogen-bond donors (Lipinski definition) is 1. The molecule has 0 saturated carbocycles. The number of amides is 2. The zero-order chi connectivity index (χ0) is 23.9. The fraction of sp³-hybridized carbons (Fsp3) is 0.481. The van der Waals surface area contributed by atoms with Gasteiger partial charge in [0.25, 0.3) is 0 Å². The van der Waals surface area contributed by atoms with Crippen LogP contribution in [-0.4, -0.2) is 35.9 Å². The molecule has 0 aliphatic heterocycles. The minimum absolute atomic E-state index is 0.0139. The standard InChI is InChI=1S/C27H38N2O3/c1-19(2)28-26(31)20(3)29(18-22-9-8-10-24(17-22)32-7)25(30)16-13-21-11-14-23(15-12-21)27(4,5)6/h8-12,14-15,17,19-20H,13,16,18H2,1-7H3,(H,28,31)/t20-/m0/s1. The van der Waals surface area contributed by atoms with E-state index in [0.717, 1.165) is 16.9 Å². The summed E-state index contributed by atoms with van der Waals surface area (Å²) in [6.07, 6.45) is 0.981. The van der Waals surface area contributed by atoms with Gasteiger partial charge < -0.3 is 15.0 Å². The molecule has 0 aliphatic rings. The van der Waals surface area contributed by atoms with Gasteiger partial charge in [-0.3, -0.25) is 9.59 Å². The molecule has 0 saturated heterocycles. The highest BCUT2D eigenvalue weighted by Crippen LogP contribution is 2.23. The molecule has 0 fully saturated rings. The third-order valence-electron chi connectivity index (χ3n) is 5.53. The van der Waals surface area contributed by atoms with Gasteiger partial charge in [0, 0.05) is 19.0 Å². The number of ether oxygens (including phenoxy) is 1. The minimum atomic E-state index is -0.570. The highest BCUT2D eigenvalue weighted by atomic mass is 16.5. The first-order valence-electron chi connectivity index (χ1n) is 11.3. The second-order valence-electron chi connectivity index (χ2n) is 9.66. The summed E-state index contributed by atoms with van der Waals surface area (Å²) < 4.78 is 5.31. The van der Waals surface area contributed by atoms with E-state index in [1.807, 2.05) is 38.1 Å². The molecule has 0 radical (unpaired) electrons. The van der Waals surface area contributed by atoms with Crippen molar-refractivity contribution in [1.82, 2.24) is 10.2 Å². The number of nitrogens with one attached hydrogen (secondary N) is 1. The molecule has 5 heteroatoms. The summed E-state index contributed by atoms with van der Waals surface area (Å²) in [5.41, 5.74) is 3.41. The fourth-order valence-corrected chi connectivity index (χ4v) is 3.52. The molecule has 2 amide bonds. The zero-order valence-electron chi connectivity index (χ0n) is 20.6. The SMILES string of the molecule is COc1cccc(CN(C(=O)CCc2ccc(C(C)(C)C)cc2)[C@@H](C)C(=O)NC(C)C)c1. The first-order chi connectivity index (χ1) is 15.0. The van der Waals surface area contributed by atoms with Crippen LogP contribution in [0.3, 0.4) is 0 Å².